The topological polar surface area (TPSA) is 40.5 Å². The van der Waals surface area contributed by atoms with Crippen LogP contribution in [0, 0.1) is 5.41 Å². The van der Waals surface area contributed by atoms with E-state index in [2.05, 4.69) is 39.2 Å². The normalized spacial score (nSPS) is 21.2. The minimum Gasteiger partial charge on any atom is -0.481 e. The maximum Gasteiger partial charge on any atom is 0.309 e. The zero-order valence-electron chi connectivity index (χ0n) is 11.4. The molecule has 19 heavy (non-hydrogen) atoms. The summed E-state index contributed by atoms with van der Waals surface area (Å²) in [5, 5.41) is 11.5. The van der Waals surface area contributed by atoms with E-state index in [1.54, 1.807) is 11.3 Å². The predicted octanol–water partition coefficient (Wildman–Crippen LogP) is 4.15. The van der Waals surface area contributed by atoms with Crippen molar-refractivity contribution in [3.05, 3.63) is 20.8 Å². The molecule has 0 aromatic carbocycles. The van der Waals surface area contributed by atoms with Gasteiger partial charge >= 0.3 is 5.97 Å². The molecule has 0 radical (unpaired) electrons. The van der Waals surface area contributed by atoms with Crippen LogP contribution in [0.25, 0.3) is 0 Å². The van der Waals surface area contributed by atoms with E-state index in [-0.39, 0.29) is 0 Å². The van der Waals surface area contributed by atoms with E-state index >= 15 is 0 Å². The molecule has 0 saturated carbocycles. The lowest BCUT2D eigenvalue weighted by atomic mass is 9.76. The highest BCUT2D eigenvalue weighted by molar-refractivity contribution is 9.10. The Balaban J connectivity index is 2.02. The average Bonchev–Trinajstić information content (AvgIpc) is 2.84. The van der Waals surface area contributed by atoms with Gasteiger partial charge in [0.2, 0.25) is 0 Å². The number of carbonyl (C=O) groups is 1. The number of hydrogen-bond donors (Lipinski definition) is 1. The van der Waals surface area contributed by atoms with Gasteiger partial charge in [-0.1, -0.05) is 6.92 Å². The van der Waals surface area contributed by atoms with Crippen LogP contribution in [-0.2, 0) is 4.79 Å². The fourth-order valence-corrected chi connectivity index (χ4v) is 4.32. The van der Waals surface area contributed by atoms with Gasteiger partial charge in [-0.15, -0.1) is 11.3 Å². The first kappa shape index (κ1) is 15.0. The lowest BCUT2D eigenvalue weighted by Gasteiger charge is -2.40. The molecule has 2 heterocycles. The molecule has 1 aliphatic rings. The number of piperidine rings is 1. The Kier molecular flexibility index (Phi) is 4.69. The quantitative estimate of drug-likeness (QED) is 0.890. The third kappa shape index (κ3) is 3.03. The van der Waals surface area contributed by atoms with E-state index < -0.39 is 11.4 Å². The van der Waals surface area contributed by atoms with E-state index in [0.717, 1.165) is 36.8 Å². The first-order valence-electron chi connectivity index (χ1n) is 6.70. The Morgan fingerprint density at radius 1 is 1.58 bits per heavy atom. The van der Waals surface area contributed by atoms with Crippen LogP contribution in [0.3, 0.4) is 0 Å². The van der Waals surface area contributed by atoms with Gasteiger partial charge in [0.15, 0.2) is 0 Å². The molecule has 0 bridgehead atoms. The average molecular weight is 346 g/mol. The van der Waals surface area contributed by atoms with E-state index in [1.165, 1.54) is 4.88 Å². The van der Waals surface area contributed by atoms with E-state index in [1.807, 2.05) is 6.92 Å². The van der Waals surface area contributed by atoms with Crippen molar-refractivity contribution in [2.24, 2.45) is 5.41 Å². The summed E-state index contributed by atoms with van der Waals surface area (Å²) in [5.41, 5.74) is -0.494. The number of carboxylic acids is 1. The first-order chi connectivity index (χ1) is 8.98. The highest BCUT2D eigenvalue weighted by Crippen LogP contribution is 2.38. The van der Waals surface area contributed by atoms with Gasteiger partial charge in [-0.25, -0.2) is 0 Å². The van der Waals surface area contributed by atoms with Crippen molar-refractivity contribution < 1.29 is 9.90 Å². The maximum absolute atomic E-state index is 11.4. The summed E-state index contributed by atoms with van der Waals surface area (Å²) in [4.78, 5) is 15.2. The molecule has 1 N–H and O–H groups in total. The highest BCUT2D eigenvalue weighted by atomic mass is 79.9. The Morgan fingerprint density at radius 3 is 2.63 bits per heavy atom. The Morgan fingerprint density at radius 2 is 2.21 bits per heavy atom. The van der Waals surface area contributed by atoms with Gasteiger partial charge in [0, 0.05) is 20.8 Å². The van der Waals surface area contributed by atoms with Crippen LogP contribution in [-0.4, -0.2) is 29.1 Å². The number of likely N-dealkylation sites (tertiary alicyclic amines) is 1. The number of carboxylic acid groups (broad SMARTS) is 1. The standard InChI is InChI=1S/C14H20BrNO2S/c1-3-14(13(17)18)4-6-16(7-5-14)10(2)12-8-11(15)9-19-12/h8-10H,3-7H2,1-2H3,(H,17,18). The fourth-order valence-electron chi connectivity index (χ4n) is 2.79. The molecule has 0 spiro atoms. The van der Waals surface area contributed by atoms with Gasteiger partial charge in [0.1, 0.15) is 0 Å². The molecular weight excluding hydrogens is 326 g/mol. The Hall–Kier alpha value is -0.390. The highest BCUT2D eigenvalue weighted by Gasteiger charge is 2.40. The number of nitrogens with zero attached hydrogens (tertiary/aromatic N) is 1. The van der Waals surface area contributed by atoms with Crippen molar-refractivity contribution in [1.82, 2.24) is 4.90 Å². The van der Waals surface area contributed by atoms with Crippen molar-refractivity contribution in [1.29, 1.82) is 0 Å². The number of thiophene rings is 1. The maximum atomic E-state index is 11.4. The molecule has 1 saturated heterocycles. The van der Waals surface area contributed by atoms with Crippen LogP contribution in [0.5, 0.6) is 0 Å². The summed E-state index contributed by atoms with van der Waals surface area (Å²) in [5.74, 6) is -0.624. The smallest absolute Gasteiger partial charge is 0.309 e. The zero-order valence-corrected chi connectivity index (χ0v) is 13.8. The molecule has 0 amide bonds. The van der Waals surface area contributed by atoms with Gasteiger partial charge in [0.05, 0.1) is 5.41 Å². The minimum absolute atomic E-state index is 0.375. The monoisotopic (exact) mass is 345 g/mol. The number of aliphatic carboxylic acids is 1. The number of hydrogen-bond acceptors (Lipinski definition) is 3. The summed E-state index contributed by atoms with van der Waals surface area (Å²) in [7, 11) is 0. The van der Waals surface area contributed by atoms with Crippen molar-refractivity contribution in [3.63, 3.8) is 0 Å². The van der Waals surface area contributed by atoms with Crippen LogP contribution in [0.15, 0.2) is 15.9 Å². The number of rotatable bonds is 4. The molecular formula is C14H20BrNO2S. The number of halogens is 1. The van der Waals surface area contributed by atoms with Crippen LogP contribution < -0.4 is 0 Å². The summed E-state index contributed by atoms with van der Waals surface area (Å²) in [6.07, 6.45) is 2.25. The van der Waals surface area contributed by atoms with E-state index in [9.17, 15) is 9.90 Å². The van der Waals surface area contributed by atoms with Gasteiger partial charge in [0.25, 0.3) is 0 Å². The predicted molar refractivity (Wildman–Crippen MR) is 81.6 cm³/mol. The van der Waals surface area contributed by atoms with Crippen LogP contribution >= 0.6 is 27.3 Å². The molecule has 106 valence electrons. The van der Waals surface area contributed by atoms with E-state index in [4.69, 9.17) is 0 Å². The molecule has 1 atom stereocenters. The Labute approximate surface area is 126 Å². The molecule has 1 unspecified atom stereocenters. The zero-order chi connectivity index (χ0) is 14.0. The van der Waals surface area contributed by atoms with Gasteiger partial charge < -0.3 is 5.11 Å². The molecule has 1 aliphatic heterocycles. The third-order valence-electron chi connectivity index (χ3n) is 4.43. The second-order valence-corrected chi connectivity index (χ2v) is 7.18. The van der Waals surface area contributed by atoms with Crippen molar-refractivity contribution in [3.8, 4) is 0 Å². The van der Waals surface area contributed by atoms with Gasteiger partial charge in [-0.2, -0.15) is 0 Å². The van der Waals surface area contributed by atoms with Crippen molar-refractivity contribution in [2.45, 2.75) is 39.2 Å². The largest absolute Gasteiger partial charge is 0.481 e. The summed E-state index contributed by atoms with van der Waals surface area (Å²) in [6, 6.07) is 2.54. The molecule has 1 aromatic rings. The Bertz CT molecular complexity index is 452. The SMILES string of the molecule is CCC1(C(=O)O)CCN(C(C)c2cc(Br)cs2)CC1. The van der Waals surface area contributed by atoms with Crippen LogP contribution in [0.2, 0.25) is 0 Å². The molecule has 0 aliphatic carbocycles. The second kappa shape index (κ2) is 5.94. The second-order valence-electron chi connectivity index (χ2n) is 5.32. The summed E-state index contributed by atoms with van der Waals surface area (Å²) < 4.78 is 1.13. The lowest BCUT2D eigenvalue weighted by molar-refractivity contribution is -0.152. The third-order valence-corrected chi connectivity index (χ3v) is 6.30. The van der Waals surface area contributed by atoms with Gasteiger partial charge in [-0.3, -0.25) is 9.69 Å². The lowest BCUT2D eigenvalue weighted by Crippen LogP contribution is -2.44. The van der Waals surface area contributed by atoms with Crippen LogP contribution in [0.4, 0.5) is 0 Å². The van der Waals surface area contributed by atoms with Crippen molar-refractivity contribution in [2.75, 3.05) is 13.1 Å². The van der Waals surface area contributed by atoms with Gasteiger partial charge in [-0.05, 0) is 61.3 Å². The fraction of sp³-hybridized carbons (Fsp3) is 0.643. The van der Waals surface area contributed by atoms with Crippen LogP contribution in [0.1, 0.15) is 44.0 Å². The summed E-state index contributed by atoms with van der Waals surface area (Å²) >= 11 is 5.25. The molecule has 3 nitrogen and oxygen atoms in total. The minimum atomic E-state index is -0.624. The molecule has 5 heteroatoms. The molecule has 1 aromatic heterocycles. The summed E-state index contributed by atoms with van der Waals surface area (Å²) in [6.45, 7) is 5.94. The van der Waals surface area contributed by atoms with Crippen molar-refractivity contribution >= 4 is 33.2 Å². The van der Waals surface area contributed by atoms with E-state index in [0.29, 0.717) is 6.04 Å². The molecule has 2 rings (SSSR count). The molecule has 1 fully saturated rings. The first-order valence-corrected chi connectivity index (χ1v) is 8.37.